The van der Waals surface area contributed by atoms with E-state index in [1.807, 2.05) is 0 Å². The maximum absolute atomic E-state index is 4.33. The van der Waals surface area contributed by atoms with E-state index < -0.39 is 11.2 Å². The van der Waals surface area contributed by atoms with E-state index >= 15 is 0 Å². The maximum Gasteiger partial charge on any atom is 3.00 e. The molecular weight excluding hydrogens is 518 g/mol. The second-order valence-corrected chi connectivity index (χ2v) is 14.4. The van der Waals surface area contributed by atoms with E-state index in [4.69, 9.17) is 0 Å². The summed E-state index contributed by atoms with van der Waals surface area (Å²) in [5.74, 6) is 0. The van der Waals surface area contributed by atoms with Crippen LogP contribution in [0, 0.1) is 30.3 Å². The zero-order valence-electron chi connectivity index (χ0n) is 19.1. The Morgan fingerprint density at radius 3 is 0.517 bits per heavy atom. The number of hydrogen-bond acceptors (Lipinski definition) is 6. The smallest absolute Gasteiger partial charge is 3.00 e. The van der Waals surface area contributed by atoms with Crippen molar-refractivity contribution in [2.45, 2.75) is 0 Å². The van der Waals surface area contributed by atoms with E-state index in [1.54, 1.807) is 0 Å². The van der Waals surface area contributed by atoms with E-state index in [0.29, 0.717) is 0 Å². The molecule has 0 saturated carbocycles. The number of hydrogen-bond donors (Lipinski definition) is 0. The molecule has 0 spiro atoms. The first kappa shape index (κ1) is 32.8. The van der Waals surface area contributed by atoms with Crippen LogP contribution in [0.5, 0.6) is 0 Å². The Morgan fingerprint density at radius 2 is 0.448 bits per heavy atom. The molecule has 0 aromatic rings. The topological polar surface area (TPSA) is 19.4 Å². The molecule has 29 heavy (non-hydrogen) atoms. The van der Waals surface area contributed by atoms with Crippen LogP contribution in [0.25, 0.3) is 0 Å². The first-order valence-electron chi connectivity index (χ1n) is 9.91. The van der Waals surface area contributed by atoms with E-state index in [-0.39, 0.29) is 17.1 Å². The molecule has 178 valence electrons. The molecule has 0 unspecified atom stereocenters. The van der Waals surface area contributed by atoms with Crippen molar-refractivity contribution in [2.24, 2.45) is 0 Å². The summed E-state index contributed by atoms with van der Waals surface area (Å²) in [7, 11) is 26.2. The molecule has 1 radical (unpaired) electrons. The molecule has 2 aliphatic rings. The van der Waals surface area contributed by atoms with Crippen molar-refractivity contribution in [3.63, 3.8) is 0 Å². The Balaban J connectivity index is 0. The number of likely N-dealkylation sites (N-methyl/N-ethyl adjacent to an activating group) is 6. The van der Waals surface area contributed by atoms with Gasteiger partial charge in [0.25, 0.3) is 0 Å². The molecule has 2 aliphatic heterocycles. The van der Waals surface area contributed by atoms with Crippen LogP contribution in [0.2, 0.25) is 0 Å². The molecule has 0 N–H and O–H groups in total. The normalized spacial score (nSPS) is 23.3. The Morgan fingerprint density at radius 1 is 0.379 bits per heavy atom. The second-order valence-electron chi connectivity index (χ2n) is 8.00. The monoisotopic (exact) mass is 562 g/mol. The molecule has 0 aliphatic carbocycles. The summed E-state index contributed by atoms with van der Waals surface area (Å²) in [6.07, 6.45) is 0. The van der Waals surface area contributed by atoms with Gasteiger partial charge in [-0.15, -0.1) is 0 Å². The van der Waals surface area contributed by atoms with Gasteiger partial charge in [0.15, 0.2) is 0 Å². The summed E-state index contributed by atoms with van der Waals surface area (Å²) in [4.78, 5) is 14.4. The standard InChI is InChI=1S/2C9H21N3.3ClH.2Fe/c2*1-10-4-6-11(2)8-9-12(3)7-5-10;;;;;/h2*4-9H2,1-3H3;3*1H;;/q;;;;;2*+3. The third-order valence-electron chi connectivity index (χ3n) is 5.18. The quantitative estimate of drug-likeness (QED) is 0.342. The Bertz CT molecular complexity index is 270. The second kappa shape index (κ2) is 20.3. The summed E-state index contributed by atoms with van der Waals surface area (Å²) in [6.45, 7) is 14.4. The Hall–Kier alpha value is 1.67. The van der Waals surface area contributed by atoms with Crippen LogP contribution in [0.4, 0.5) is 0 Å². The molecule has 11 heteroatoms. The fourth-order valence-corrected chi connectivity index (χ4v) is 2.72. The molecule has 6 nitrogen and oxygen atoms in total. The first-order chi connectivity index (χ1) is 13.1. The minimum absolute atomic E-state index is 0. The molecule has 0 amide bonds. The molecular formula is C18H45Cl3Fe2N6+6. The maximum atomic E-state index is 4.33. The minimum Gasteiger partial charge on any atom is 3.00 e. The van der Waals surface area contributed by atoms with Crippen LogP contribution in [0.1, 0.15) is 0 Å². The van der Waals surface area contributed by atoms with Crippen LogP contribution < -0.4 is 0 Å². The predicted octanol–water partition coefficient (Wildman–Crippen LogP) is -1.22. The molecule has 0 aromatic heterocycles. The number of nitrogens with zero attached hydrogens (tertiary/aromatic N) is 6. The summed E-state index contributed by atoms with van der Waals surface area (Å²) < 4.78 is 0. The first-order valence-corrected chi connectivity index (χ1v) is 14.8. The molecule has 2 heterocycles. The Kier molecular flexibility index (Phi) is 23.0. The van der Waals surface area contributed by atoms with Crippen molar-refractivity contribution in [2.75, 3.05) is 121 Å². The van der Waals surface area contributed by atoms with Crippen molar-refractivity contribution in [3.8, 4) is 0 Å². The van der Waals surface area contributed by atoms with Gasteiger partial charge in [-0.25, -0.2) is 0 Å². The summed E-state index contributed by atoms with van der Waals surface area (Å²) in [5.41, 5.74) is 0. The van der Waals surface area contributed by atoms with Gasteiger partial charge >= 0.3 is 58.5 Å². The van der Waals surface area contributed by atoms with Crippen LogP contribution in [-0.4, -0.2) is 150 Å². The zero-order valence-corrected chi connectivity index (χ0v) is 23.8. The molecule has 2 saturated heterocycles. The molecule has 0 aromatic carbocycles. The van der Waals surface area contributed by atoms with E-state index in [0.717, 1.165) is 0 Å². The van der Waals surface area contributed by atoms with E-state index in [1.165, 1.54) is 78.5 Å². The summed E-state index contributed by atoms with van der Waals surface area (Å²) in [6, 6.07) is 0. The minimum atomic E-state index is -1.00. The summed E-state index contributed by atoms with van der Waals surface area (Å²) in [5, 5.41) is 0. The predicted molar refractivity (Wildman–Crippen MR) is 109 cm³/mol. The van der Waals surface area contributed by atoms with Crippen molar-refractivity contribution >= 4 is 0 Å². The average molecular weight is 564 g/mol. The van der Waals surface area contributed by atoms with Crippen molar-refractivity contribution in [3.05, 3.63) is 0 Å². The fraction of sp³-hybridized carbons (Fsp3) is 1.00. The van der Waals surface area contributed by atoms with E-state index in [9.17, 15) is 0 Å². The van der Waals surface area contributed by atoms with Crippen LogP contribution >= 0.6 is 0 Å². The van der Waals surface area contributed by atoms with Crippen molar-refractivity contribution in [1.29, 1.82) is 0 Å². The SMILES string of the molecule is CN1CCN(C)CCN(C)CC1.CN1CCN(C)CCN(C)CC1.[ClH+][Fe]([ClH+])[ClH+].[Fe+3]. The van der Waals surface area contributed by atoms with Crippen LogP contribution in [-0.2, 0) is 28.2 Å². The fourth-order valence-electron chi connectivity index (χ4n) is 2.72. The van der Waals surface area contributed by atoms with Gasteiger partial charge in [0.1, 0.15) is 0 Å². The van der Waals surface area contributed by atoms with Crippen molar-refractivity contribution < 1.29 is 58.5 Å². The van der Waals surface area contributed by atoms with Gasteiger partial charge < -0.3 is 29.4 Å². The zero-order chi connectivity index (χ0) is 21.5. The number of halogens is 3. The van der Waals surface area contributed by atoms with Gasteiger partial charge in [-0.3, -0.25) is 0 Å². The van der Waals surface area contributed by atoms with Gasteiger partial charge in [0.2, 0.25) is 0 Å². The van der Waals surface area contributed by atoms with Gasteiger partial charge in [-0.1, -0.05) is 0 Å². The molecule has 0 atom stereocenters. The van der Waals surface area contributed by atoms with Crippen LogP contribution in [0.3, 0.4) is 0 Å². The third-order valence-corrected chi connectivity index (χ3v) is 5.18. The average Bonchev–Trinajstić information content (AvgIpc) is 2.74. The van der Waals surface area contributed by atoms with Gasteiger partial charge in [-0.05, 0) is 42.3 Å². The van der Waals surface area contributed by atoms with Gasteiger partial charge in [-0.2, -0.15) is 0 Å². The molecule has 2 fully saturated rings. The number of rotatable bonds is 0. The van der Waals surface area contributed by atoms with E-state index in [2.05, 4.69) is 102 Å². The van der Waals surface area contributed by atoms with Crippen LogP contribution in [0.15, 0.2) is 0 Å². The largest absolute Gasteiger partial charge is 3.00 e. The van der Waals surface area contributed by atoms with Gasteiger partial charge in [0, 0.05) is 78.5 Å². The molecule has 0 bridgehead atoms. The summed E-state index contributed by atoms with van der Waals surface area (Å²) >= 11 is -1.00. The third kappa shape index (κ3) is 22.6. The van der Waals surface area contributed by atoms with Crippen molar-refractivity contribution in [1.82, 2.24) is 29.4 Å². The Labute approximate surface area is 207 Å². The van der Waals surface area contributed by atoms with Gasteiger partial charge in [0.05, 0.1) is 0 Å². The molecule has 2 rings (SSSR count).